The zero-order chi connectivity index (χ0) is 21.8. The number of rotatable bonds is 7. The Morgan fingerprint density at radius 3 is 2.26 bits per heavy atom. The van der Waals surface area contributed by atoms with Crippen LogP contribution in [0.15, 0.2) is 42.5 Å². The van der Waals surface area contributed by atoms with Gasteiger partial charge in [0.05, 0.1) is 33.9 Å². The summed E-state index contributed by atoms with van der Waals surface area (Å²) in [6.07, 6.45) is 4.12. The van der Waals surface area contributed by atoms with Gasteiger partial charge in [0.1, 0.15) is 17.2 Å². The molecule has 6 heteroatoms. The Balaban J connectivity index is 1.49. The second-order valence-electron chi connectivity index (χ2n) is 8.25. The molecule has 0 radical (unpaired) electrons. The van der Waals surface area contributed by atoms with Crippen molar-refractivity contribution in [1.82, 2.24) is 9.80 Å². The Morgan fingerprint density at radius 1 is 0.871 bits per heavy atom. The molecular formula is C25H32N2O4. The number of likely N-dealkylation sites (tertiary alicyclic amines) is 2. The Labute approximate surface area is 184 Å². The van der Waals surface area contributed by atoms with Crippen LogP contribution in [0.1, 0.15) is 48.9 Å². The summed E-state index contributed by atoms with van der Waals surface area (Å²) in [6.45, 7) is 2.17. The van der Waals surface area contributed by atoms with E-state index in [0.717, 1.165) is 61.6 Å². The minimum Gasteiger partial charge on any atom is -0.497 e. The molecule has 2 aromatic rings. The van der Waals surface area contributed by atoms with Crippen molar-refractivity contribution in [2.45, 2.75) is 37.8 Å². The molecule has 0 N–H and O–H groups in total. The molecule has 2 aliphatic heterocycles. The molecule has 4 rings (SSSR count). The highest BCUT2D eigenvalue weighted by Crippen LogP contribution is 2.39. The highest BCUT2D eigenvalue weighted by atomic mass is 16.5. The highest BCUT2D eigenvalue weighted by molar-refractivity contribution is 5.79. The fourth-order valence-electron chi connectivity index (χ4n) is 4.97. The van der Waals surface area contributed by atoms with Gasteiger partial charge in [0, 0.05) is 18.2 Å². The third-order valence-electron chi connectivity index (χ3n) is 6.57. The van der Waals surface area contributed by atoms with E-state index >= 15 is 0 Å². The average molecular weight is 425 g/mol. The van der Waals surface area contributed by atoms with E-state index in [1.807, 2.05) is 35.2 Å². The summed E-state index contributed by atoms with van der Waals surface area (Å²) in [5, 5.41) is 0. The van der Waals surface area contributed by atoms with Gasteiger partial charge in [-0.05, 0) is 68.1 Å². The van der Waals surface area contributed by atoms with Gasteiger partial charge in [0.15, 0.2) is 0 Å². The summed E-state index contributed by atoms with van der Waals surface area (Å²) in [6, 6.07) is 14.4. The lowest BCUT2D eigenvalue weighted by Gasteiger charge is -2.30. The van der Waals surface area contributed by atoms with Crippen LogP contribution in [-0.2, 0) is 4.79 Å². The van der Waals surface area contributed by atoms with Gasteiger partial charge in [-0.2, -0.15) is 0 Å². The zero-order valence-electron chi connectivity index (χ0n) is 18.7. The van der Waals surface area contributed by atoms with E-state index in [4.69, 9.17) is 14.2 Å². The smallest absolute Gasteiger partial charge is 0.237 e. The normalized spacial score (nSPS) is 21.3. The number of nitrogens with zero attached hydrogens (tertiary/aromatic N) is 2. The molecular weight excluding hydrogens is 392 g/mol. The minimum absolute atomic E-state index is 0.0274. The van der Waals surface area contributed by atoms with E-state index in [9.17, 15) is 4.79 Å². The van der Waals surface area contributed by atoms with Crippen LogP contribution in [0.25, 0.3) is 0 Å². The first kappa shape index (κ1) is 21.5. The van der Waals surface area contributed by atoms with Crippen LogP contribution < -0.4 is 14.2 Å². The molecule has 2 heterocycles. The first-order valence-electron chi connectivity index (χ1n) is 11.0. The lowest BCUT2D eigenvalue weighted by atomic mass is 10.0. The second kappa shape index (κ2) is 9.60. The maximum atomic E-state index is 13.4. The van der Waals surface area contributed by atoms with Crippen LogP contribution in [0.4, 0.5) is 0 Å². The maximum Gasteiger partial charge on any atom is 0.237 e. The first-order chi connectivity index (χ1) is 15.1. The number of methoxy groups -OCH3 is 3. The van der Waals surface area contributed by atoms with Crippen LogP contribution in [0.5, 0.6) is 17.2 Å². The monoisotopic (exact) mass is 424 g/mol. The number of hydrogen-bond acceptors (Lipinski definition) is 5. The molecule has 2 saturated heterocycles. The molecule has 0 saturated carbocycles. The quantitative estimate of drug-likeness (QED) is 0.666. The third kappa shape index (κ3) is 4.49. The molecule has 2 aliphatic rings. The zero-order valence-corrected chi connectivity index (χ0v) is 18.7. The second-order valence-corrected chi connectivity index (χ2v) is 8.25. The summed E-state index contributed by atoms with van der Waals surface area (Å²) in [7, 11) is 5.02. The molecule has 0 spiro atoms. The lowest BCUT2D eigenvalue weighted by molar-refractivity contribution is -0.133. The number of benzene rings is 2. The van der Waals surface area contributed by atoms with Crippen molar-refractivity contribution in [3.05, 3.63) is 53.6 Å². The Kier molecular flexibility index (Phi) is 6.66. The van der Waals surface area contributed by atoms with E-state index in [1.165, 1.54) is 5.56 Å². The highest BCUT2D eigenvalue weighted by Gasteiger charge is 2.35. The van der Waals surface area contributed by atoms with Crippen LogP contribution in [-0.4, -0.2) is 56.7 Å². The van der Waals surface area contributed by atoms with Gasteiger partial charge >= 0.3 is 0 Å². The van der Waals surface area contributed by atoms with Crippen molar-refractivity contribution < 1.29 is 19.0 Å². The molecule has 31 heavy (non-hydrogen) atoms. The molecule has 2 aromatic carbocycles. The number of hydrogen-bond donors (Lipinski definition) is 0. The van der Waals surface area contributed by atoms with Gasteiger partial charge in [0.2, 0.25) is 5.91 Å². The van der Waals surface area contributed by atoms with Crippen molar-refractivity contribution in [2.75, 3.05) is 41.0 Å². The van der Waals surface area contributed by atoms with Gasteiger partial charge in [-0.15, -0.1) is 0 Å². The molecule has 2 atom stereocenters. The van der Waals surface area contributed by atoms with Crippen molar-refractivity contribution in [2.24, 2.45) is 0 Å². The maximum absolute atomic E-state index is 13.4. The summed E-state index contributed by atoms with van der Waals surface area (Å²) < 4.78 is 16.3. The van der Waals surface area contributed by atoms with Gasteiger partial charge in [-0.25, -0.2) is 0 Å². The topological polar surface area (TPSA) is 51.2 Å². The van der Waals surface area contributed by atoms with Crippen molar-refractivity contribution >= 4 is 5.91 Å². The molecule has 2 fully saturated rings. The van der Waals surface area contributed by atoms with E-state index in [0.29, 0.717) is 6.54 Å². The Bertz CT molecular complexity index is 899. The van der Waals surface area contributed by atoms with E-state index in [2.05, 4.69) is 17.0 Å². The molecule has 1 amide bonds. The molecule has 2 unspecified atom stereocenters. The van der Waals surface area contributed by atoms with Crippen LogP contribution in [0, 0.1) is 0 Å². The summed E-state index contributed by atoms with van der Waals surface area (Å²) in [4.78, 5) is 17.8. The number of amides is 1. The standard InChI is InChI=1S/C25H32N2O4/c1-29-19-10-8-18(9-11-19)22-6-4-14-26(22)17-25(28)27-15-5-7-23(27)21-16-20(30-2)12-13-24(21)31-3/h8-13,16,22-23H,4-7,14-15,17H2,1-3H3. The van der Waals surface area contributed by atoms with Gasteiger partial charge < -0.3 is 19.1 Å². The van der Waals surface area contributed by atoms with E-state index in [-0.39, 0.29) is 18.0 Å². The van der Waals surface area contributed by atoms with Crippen LogP contribution in [0.2, 0.25) is 0 Å². The fourth-order valence-corrected chi connectivity index (χ4v) is 4.97. The van der Waals surface area contributed by atoms with Crippen molar-refractivity contribution in [3.8, 4) is 17.2 Å². The third-order valence-corrected chi connectivity index (χ3v) is 6.57. The molecule has 0 bridgehead atoms. The van der Waals surface area contributed by atoms with Gasteiger partial charge in [0.25, 0.3) is 0 Å². The number of carbonyl (C=O) groups is 1. The Hall–Kier alpha value is -2.73. The van der Waals surface area contributed by atoms with E-state index < -0.39 is 0 Å². The summed E-state index contributed by atoms with van der Waals surface area (Å²) in [5.74, 6) is 2.64. The van der Waals surface area contributed by atoms with Crippen LogP contribution >= 0.6 is 0 Å². The van der Waals surface area contributed by atoms with E-state index in [1.54, 1.807) is 21.3 Å². The number of carbonyl (C=O) groups excluding carboxylic acids is 1. The minimum atomic E-state index is 0.0274. The summed E-state index contributed by atoms with van der Waals surface area (Å²) >= 11 is 0. The van der Waals surface area contributed by atoms with Crippen molar-refractivity contribution in [1.29, 1.82) is 0 Å². The SMILES string of the molecule is COc1ccc(C2CCCN2CC(=O)N2CCCC2c2cc(OC)ccc2OC)cc1. The number of ether oxygens (including phenoxy) is 3. The lowest BCUT2D eigenvalue weighted by Crippen LogP contribution is -2.40. The largest absolute Gasteiger partial charge is 0.497 e. The molecule has 0 aromatic heterocycles. The van der Waals surface area contributed by atoms with Crippen LogP contribution in [0.3, 0.4) is 0 Å². The molecule has 0 aliphatic carbocycles. The van der Waals surface area contributed by atoms with Gasteiger partial charge in [-0.3, -0.25) is 9.69 Å². The first-order valence-corrected chi connectivity index (χ1v) is 11.0. The van der Waals surface area contributed by atoms with Gasteiger partial charge in [-0.1, -0.05) is 12.1 Å². The Morgan fingerprint density at radius 2 is 1.55 bits per heavy atom. The average Bonchev–Trinajstić information content (AvgIpc) is 3.48. The van der Waals surface area contributed by atoms with Crippen molar-refractivity contribution in [3.63, 3.8) is 0 Å². The predicted octanol–water partition coefficient (Wildman–Crippen LogP) is 4.21. The fraction of sp³-hybridized carbons (Fsp3) is 0.480. The summed E-state index contributed by atoms with van der Waals surface area (Å²) in [5.41, 5.74) is 2.28. The molecule has 166 valence electrons. The predicted molar refractivity (Wildman–Crippen MR) is 120 cm³/mol. The molecule has 6 nitrogen and oxygen atoms in total.